The van der Waals surface area contributed by atoms with Crippen LogP contribution in [-0.2, 0) is 6.54 Å². The van der Waals surface area contributed by atoms with Crippen molar-refractivity contribution in [1.82, 2.24) is 24.3 Å². The van der Waals surface area contributed by atoms with E-state index in [4.69, 9.17) is 4.52 Å². The number of hydrogen-bond donors (Lipinski definition) is 0. The van der Waals surface area contributed by atoms with Gasteiger partial charge in [0.05, 0.1) is 12.2 Å². The molecule has 0 saturated carbocycles. The maximum atomic E-state index is 13.1. The maximum absolute atomic E-state index is 13.1. The second-order valence-electron chi connectivity index (χ2n) is 7.74. The number of aryl methyl sites for hydroxylation is 3. The van der Waals surface area contributed by atoms with E-state index in [-0.39, 0.29) is 12.1 Å². The Morgan fingerprint density at radius 1 is 0.935 bits per heavy atom. The summed E-state index contributed by atoms with van der Waals surface area (Å²) >= 11 is 0. The molecule has 31 heavy (non-hydrogen) atoms. The Hall–Kier alpha value is -4.00. The Kier molecular flexibility index (Phi) is 4.51. The molecule has 154 valence electrons. The van der Waals surface area contributed by atoms with Gasteiger partial charge >= 0.3 is 0 Å². The lowest BCUT2D eigenvalue weighted by molar-refractivity contribution is 0.420. The Balaban J connectivity index is 1.49. The Labute approximate surface area is 178 Å². The molecule has 0 atom stereocenters. The van der Waals surface area contributed by atoms with Crippen molar-refractivity contribution in [3.8, 4) is 22.7 Å². The Bertz CT molecular complexity index is 1480. The minimum atomic E-state index is -0.159. The van der Waals surface area contributed by atoms with Gasteiger partial charge in [-0.15, -0.1) is 0 Å². The summed E-state index contributed by atoms with van der Waals surface area (Å²) < 4.78 is 8.61. The largest absolute Gasteiger partial charge is 0.334 e. The van der Waals surface area contributed by atoms with E-state index < -0.39 is 0 Å². The van der Waals surface area contributed by atoms with Crippen molar-refractivity contribution < 1.29 is 4.52 Å². The molecular formula is C24H21N5O2. The summed E-state index contributed by atoms with van der Waals surface area (Å²) in [7, 11) is 0. The molecule has 3 heterocycles. The molecule has 7 nitrogen and oxygen atoms in total. The van der Waals surface area contributed by atoms with Crippen LogP contribution in [0.4, 0.5) is 0 Å². The zero-order valence-corrected chi connectivity index (χ0v) is 17.5. The minimum absolute atomic E-state index is 0.159. The highest BCUT2D eigenvalue weighted by Gasteiger charge is 2.14. The van der Waals surface area contributed by atoms with Gasteiger partial charge in [0, 0.05) is 23.5 Å². The SMILES string of the molecule is Cc1ccc(C)c(-c2cc3c(=O)n(Cc4noc(-c5ccccc5C)n4)ccn3n2)c1. The van der Waals surface area contributed by atoms with Gasteiger partial charge in [-0.2, -0.15) is 10.1 Å². The predicted molar refractivity (Wildman–Crippen MR) is 118 cm³/mol. The van der Waals surface area contributed by atoms with Gasteiger partial charge in [0.1, 0.15) is 5.52 Å². The summed E-state index contributed by atoms with van der Waals surface area (Å²) in [5, 5.41) is 8.66. The van der Waals surface area contributed by atoms with Crippen LogP contribution >= 0.6 is 0 Å². The molecule has 0 spiro atoms. The number of nitrogens with zero attached hydrogens (tertiary/aromatic N) is 5. The Morgan fingerprint density at radius 2 is 1.74 bits per heavy atom. The lowest BCUT2D eigenvalue weighted by Crippen LogP contribution is -2.22. The number of benzene rings is 2. The van der Waals surface area contributed by atoms with Gasteiger partial charge in [-0.25, -0.2) is 4.52 Å². The first-order valence-corrected chi connectivity index (χ1v) is 10.0. The quantitative estimate of drug-likeness (QED) is 0.443. The van der Waals surface area contributed by atoms with E-state index in [9.17, 15) is 4.79 Å². The summed E-state index contributed by atoms with van der Waals surface area (Å²) in [5.41, 5.74) is 6.34. The molecule has 0 fully saturated rings. The van der Waals surface area contributed by atoms with Gasteiger partial charge in [-0.1, -0.05) is 41.1 Å². The van der Waals surface area contributed by atoms with Crippen LogP contribution in [0.25, 0.3) is 28.2 Å². The van der Waals surface area contributed by atoms with Crippen molar-refractivity contribution in [1.29, 1.82) is 0 Å². The fraction of sp³-hybridized carbons (Fsp3) is 0.167. The molecule has 0 saturated heterocycles. The molecule has 5 aromatic rings. The van der Waals surface area contributed by atoms with Crippen LogP contribution in [-0.4, -0.2) is 24.3 Å². The van der Waals surface area contributed by atoms with Crippen LogP contribution in [0.2, 0.25) is 0 Å². The first kappa shape index (κ1) is 19.0. The third kappa shape index (κ3) is 3.44. The van der Waals surface area contributed by atoms with Crippen LogP contribution in [0.15, 0.2) is 70.2 Å². The molecule has 0 amide bonds. The molecular weight excluding hydrogens is 390 g/mol. The summed E-state index contributed by atoms with van der Waals surface area (Å²) in [6.07, 6.45) is 3.46. The van der Waals surface area contributed by atoms with E-state index in [1.54, 1.807) is 21.5 Å². The lowest BCUT2D eigenvalue weighted by Gasteiger charge is -2.03. The summed E-state index contributed by atoms with van der Waals surface area (Å²) in [6, 6.07) is 15.9. The van der Waals surface area contributed by atoms with Crippen LogP contribution in [0.3, 0.4) is 0 Å². The highest BCUT2D eigenvalue weighted by molar-refractivity contribution is 5.69. The lowest BCUT2D eigenvalue weighted by atomic mass is 10.0. The first-order chi connectivity index (χ1) is 15.0. The van der Waals surface area contributed by atoms with E-state index in [1.807, 2.05) is 51.1 Å². The van der Waals surface area contributed by atoms with Crippen LogP contribution in [0.5, 0.6) is 0 Å². The molecule has 0 N–H and O–H groups in total. The van der Waals surface area contributed by atoms with Gasteiger partial charge < -0.3 is 9.09 Å². The number of fused-ring (bicyclic) bond motifs is 1. The van der Waals surface area contributed by atoms with Crippen molar-refractivity contribution in [3.05, 3.63) is 93.8 Å². The summed E-state index contributed by atoms with van der Waals surface area (Å²) in [4.78, 5) is 17.5. The van der Waals surface area contributed by atoms with E-state index in [0.717, 1.165) is 33.5 Å². The molecule has 3 aromatic heterocycles. The third-order valence-electron chi connectivity index (χ3n) is 5.43. The van der Waals surface area contributed by atoms with Crippen LogP contribution < -0.4 is 5.56 Å². The van der Waals surface area contributed by atoms with Gasteiger partial charge in [0.15, 0.2) is 5.82 Å². The van der Waals surface area contributed by atoms with Gasteiger partial charge in [-0.05, 0) is 50.1 Å². The molecule has 2 aromatic carbocycles. The average molecular weight is 411 g/mol. The average Bonchev–Trinajstić information content (AvgIpc) is 3.40. The van der Waals surface area contributed by atoms with Crippen LogP contribution in [0, 0.1) is 20.8 Å². The topological polar surface area (TPSA) is 78.2 Å². The zero-order valence-electron chi connectivity index (χ0n) is 17.5. The molecule has 0 radical (unpaired) electrons. The minimum Gasteiger partial charge on any atom is -0.334 e. The normalized spacial score (nSPS) is 11.3. The smallest absolute Gasteiger partial charge is 0.277 e. The first-order valence-electron chi connectivity index (χ1n) is 10.0. The van der Waals surface area contributed by atoms with Crippen LogP contribution in [0.1, 0.15) is 22.5 Å². The highest BCUT2D eigenvalue weighted by atomic mass is 16.5. The van der Waals surface area contributed by atoms with Gasteiger partial charge in [-0.3, -0.25) is 4.79 Å². The molecule has 0 aliphatic heterocycles. The summed E-state index contributed by atoms with van der Waals surface area (Å²) in [6.45, 7) is 6.29. The standard InChI is InChI=1S/C24H21N5O2/c1-15-8-9-17(3)19(12-15)20-13-21-24(30)28(10-11-29(21)26-20)14-22-25-23(31-27-22)18-7-5-4-6-16(18)2/h4-13H,14H2,1-3H3. The summed E-state index contributed by atoms with van der Waals surface area (Å²) in [5.74, 6) is 0.891. The maximum Gasteiger partial charge on any atom is 0.277 e. The second kappa shape index (κ2) is 7.36. The van der Waals surface area contributed by atoms with E-state index >= 15 is 0 Å². The van der Waals surface area contributed by atoms with Crippen molar-refractivity contribution >= 4 is 5.52 Å². The molecule has 0 aliphatic rings. The van der Waals surface area contributed by atoms with E-state index in [1.165, 1.54) is 0 Å². The zero-order chi connectivity index (χ0) is 21.5. The fourth-order valence-electron chi connectivity index (χ4n) is 3.69. The van der Waals surface area contributed by atoms with E-state index in [2.05, 4.69) is 33.4 Å². The van der Waals surface area contributed by atoms with Crippen molar-refractivity contribution in [2.75, 3.05) is 0 Å². The number of hydrogen-bond acceptors (Lipinski definition) is 5. The van der Waals surface area contributed by atoms with Crippen molar-refractivity contribution in [2.45, 2.75) is 27.3 Å². The molecule has 0 unspecified atom stereocenters. The third-order valence-corrected chi connectivity index (χ3v) is 5.43. The predicted octanol–water partition coefficient (Wildman–Crippen LogP) is 4.19. The highest BCUT2D eigenvalue weighted by Crippen LogP contribution is 2.24. The van der Waals surface area contributed by atoms with Crippen molar-refractivity contribution in [2.24, 2.45) is 0 Å². The number of aromatic nitrogens is 5. The number of rotatable bonds is 4. The molecule has 0 bridgehead atoms. The molecule has 5 rings (SSSR count). The van der Waals surface area contributed by atoms with Crippen molar-refractivity contribution in [3.63, 3.8) is 0 Å². The molecule has 7 heteroatoms. The van der Waals surface area contributed by atoms with Gasteiger partial charge in [0.2, 0.25) is 0 Å². The molecule has 0 aliphatic carbocycles. The monoisotopic (exact) mass is 411 g/mol. The fourth-order valence-corrected chi connectivity index (χ4v) is 3.69. The van der Waals surface area contributed by atoms with Gasteiger partial charge in [0.25, 0.3) is 11.4 Å². The Morgan fingerprint density at radius 3 is 2.58 bits per heavy atom. The second-order valence-corrected chi connectivity index (χ2v) is 7.74. The van der Waals surface area contributed by atoms with E-state index in [0.29, 0.717) is 17.2 Å².